The van der Waals surface area contributed by atoms with Crippen molar-refractivity contribution < 1.29 is 14.1 Å². The molecule has 5 nitrogen and oxygen atoms in total. The van der Waals surface area contributed by atoms with E-state index in [0.29, 0.717) is 18.7 Å². The molecule has 0 spiro atoms. The second-order valence-electron chi connectivity index (χ2n) is 5.01. The summed E-state index contributed by atoms with van der Waals surface area (Å²) in [7, 11) is 1.76. The number of rotatable bonds is 3. The van der Waals surface area contributed by atoms with E-state index < -0.39 is 0 Å². The van der Waals surface area contributed by atoms with Crippen LogP contribution in [0.15, 0.2) is 28.8 Å². The lowest BCUT2D eigenvalue weighted by Crippen LogP contribution is -2.26. The van der Waals surface area contributed by atoms with Gasteiger partial charge in [-0.3, -0.25) is 4.79 Å². The molecule has 0 aliphatic carbocycles. The molecule has 0 radical (unpaired) electrons. The van der Waals surface area contributed by atoms with Crippen LogP contribution in [0.2, 0.25) is 0 Å². The van der Waals surface area contributed by atoms with E-state index in [1.54, 1.807) is 18.0 Å². The zero-order valence-electron chi connectivity index (χ0n) is 11.5. The van der Waals surface area contributed by atoms with Gasteiger partial charge in [-0.15, -0.1) is 0 Å². The maximum Gasteiger partial charge on any atom is 0.253 e. The molecule has 0 bridgehead atoms. The van der Waals surface area contributed by atoms with E-state index in [-0.39, 0.29) is 5.91 Å². The number of fused-ring (bicyclic) bond motifs is 1. The van der Waals surface area contributed by atoms with Gasteiger partial charge in [-0.1, -0.05) is 5.16 Å². The summed E-state index contributed by atoms with van der Waals surface area (Å²) in [6, 6.07) is 7.41. The van der Waals surface area contributed by atoms with Crippen molar-refractivity contribution in [2.45, 2.75) is 19.9 Å². The number of nitrogens with zero attached hydrogens (tertiary/aromatic N) is 2. The van der Waals surface area contributed by atoms with Crippen molar-refractivity contribution in [2.24, 2.45) is 0 Å². The lowest BCUT2D eigenvalue weighted by atomic mass is 10.1. The molecular formula is C15H16N2O3. The van der Waals surface area contributed by atoms with Crippen LogP contribution in [0.5, 0.6) is 5.75 Å². The molecule has 1 aliphatic heterocycles. The van der Waals surface area contributed by atoms with Gasteiger partial charge in [0, 0.05) is 25.1 Å². The summed E-state index contributed by atoms with van der Waals surface area (Å²) in [5.41, 5.74) is 2.53. The first kappa shape index (κ1) is 12.7. The summed E-state index contributed by atoms with van der Waals surface area (Å²) in [6.45, 7) is 2.96. The number of amides is 1. The second kappa shape index (κ2) is 5.00. The smallest absolute Gasteiger partial charge is 0.253 e. The quantitative estimate of drug-likeness (QED) is 0.859. The monoisotopic (exact) mass is 272 g/mol. The van der Waals surface area contributed by atoms with Gasteiger partial charge in [-0.05, 0) is 30.7 Å². The Kier molecular flexibility index (Phi) is 3.18. The van der Waals surface area contributed by atoms with Crippen molar-refractivity contribution in [2.75, 3.05) is 13.7 Å². The number of aryl methyl sites for hydroxylation is 1. The van der Waals surface area contributed by atoms with Gasteiger partial charge in [0.25, 0.3) is 5.91 Å². The fraction of sp³-hybridized carbons (Fsp3) is 0.333. The second-order valence-corrected chi connectivity index (χ2v) is 5.01. The van der Waals surface area contributed by atoms with Crippen LogP contribution < -0.4 is 4.74 Å². The number of carbonyl (C=O) groups excluding carboxylic acids is 1. The minimum Gasteiger partial charge on any atom is -0.493 e. The third-order valence-corrected chi connectivity index (χ3v) is 3.36. The number of hydrogen-bond acceptors (Lipinski definition) is 4. The van der Waals surface area contributed by atoms with Crippen LogP contribution in [0.1, 0.15) is 27.4 Å². The van der Waals surface area contributed by atoms with Crippen LogP contribution in [0.4, 0.5) is 0 Å². The third-order valence-electron chi connectivity index (χ3n) is 3.36. The molecule has 1 amide bonds. The highest BCUT2D eigenvalue weighted by Crippen LogP contribution is 2.26. The van der Waals surface area contributed by atoms with Gasteiger partial charge < -0.3 is 14.2 Å². The molecule has 5 heteroatoms. The van der Waals surface area contributed by atoms with E-state index in [4.69, 9.17) is 9.26 Å². The minimum atomic E-state index is -0.0275. The molecule has 0 atom stereocenters. The first-order chi connectivity index (χ1) is 9.63. The normalized spacial score (nSPS) is 12.9. The predicted octanol–water partition coefficient (Wildman–Crippen LogP) is 2.19. The molecule has 0 N–H and O–H groups in total. The van der Waals surface area contributed by atoms with Crippen molar-refractivity contribution in [1.29, 1.82) is 0 Å². The van der Waals surface area contributed by atoms with Crippen LogP contribution in [-0.2, 0) is 13.0 Å². The Bertz CT molecular complexity index is 648. The van der Waals surface area contributed by atoms with E-state index in [2.05, 4.69) is 5.16 Å². The Morgan fingerprint density at radius 1 is 1.40 bits per heavy atom. The van der Waals surface area contributed by atoms with Crippen LogP contribution in [0, 0.1) is 6.92 Å². The largest absolute Gasteiger partial charge is 0.493 e. The highest BCUT2D eigenvalue weighted by Gasteiger charge is 2.18. The zero-order valence-corrected chi connectivity index (χ0v) is 11.5. The average molecular weight is 272 g/mol. The van der Waals surface area contributed by atoms with Gasteiger partial charge in [0.2, 0.25) is 0 Å². The molecule has 2 aromatic rings. The Morgan fingerprint density at radius 3 is 3.00 bits per heavy atom. The molecule has 1 aliphatic rings. The van der Waals surface area contributed by atoms with Crippen LogP contribution >= 0.6 is 0 Å². The lowest BCUT2D eigenvalue weighted by molar-refractivity contribution is 0.0782. The van der Waals surface area contributed by atoms with Crippen LogP contribution in [0.25, 0.3) is 0 Å². The van der Waals surface area contributed by atoms with Crippen LogP contribution in [-0.4, -0.2) is 29.6 Å². The molecule has 3 rings (SSSR count). The van der Waals surface area contributed by atoms with E-state index in [0.717, 1.165) is 29.2 Å². The van der Waals surface area contributed by atoms with Gasteiger partial charge in [-0.25, -0.2) is 0 Å². The van der Waals surface area contributed by atoms with Crippen molar-refractivity contribution in [1.82, 2.24) is 10.1 Å². The maximum atomic E-state index is 12.4. The molecular weight excluding hydrogens is 256 g/mol. The molecule has 0 saturated carbocycles. The van der Waals surface area contributed by atoms with Gasteiger partial charge in [0.15, 0.2) is 0 Å². The molecule has 0 saturated heterocycles. The van der Waals surface area contributed by atoms with Crippen molar-refractivity contribution >= 4 is 5.91 Å². The standard InChI is InChI=1S/C15H16N2O3/c1-10-7-13(16-20-10)9-17(2)15(18)12-3-4-14-11(8-12)5-6-19-14/h3-4,7-8H,5-6,9H2,1-2H3. The first-order valence-corrected chi connectivity index (χ1v) is 6.57. The van der Waals surface area contributed by atoms with Crippen LogP contribution in [0.3, 0.4) is 0 Å². The van der Waals surface area contributed by atoms with Gasteiger partial charge in [-0.2, -0.15) is 0 Å². The van der Waals surface area contributed by atoms with Gasteiger partial charge in [0.05, 0.1) is 13.2 Å². The maximum absolute atomic E-state index is 12.4. The van der Waals surface area contributed by atoms with E-state index in [9.17, 15) is 4.79 Å². The Labute approximate surface area is 117 Å². The SMILES string of the molecule is Cc1cc(CN(C)C(=O)c2ccc3c(c2)CCO3)no1. The Balaban J connectivity index is 1.74. The van der Waals surface area contributed by atoms with E-state index in [1.165, 1.54) is 0 Å². The first-order valence-electron chi connectivity index (χ1n) is 6.57. The number of carbonyl (C=O) groups is 1. The van der Waals surface area contributed by atoms with Crippen molar-refractivity contribution in [3.63, 3.8) is 0 Å². The summed E-state index contributed by atoms with van der Waals surface area (Å²) >= 11 is 0. The fourth-order valence-corrected chi connectivity index (χ4v) is 2.35. The minimum absolute atomic E-state index is 0.0275. The molecule has 2 heterocycles. The molecule has 20 heavy (non-hydrogen) atoms. The molecule has 104 valence electrons. The number of hydrogen-bond donors (Lipinski definition) is 0. The highest BCUT2D eigenvalue weighted by atomic mass is 16.5. The summed E-state index contributed by atoms with van der Waals surface area (Å²) in [6.07, 6.45) is 0.864. The summed E-state index contributed by atoms with van der Waals surface area (Å²) in [5.74, 6) is 1.60. The summed E-state index contributed by atoms with van der Waals surface area (Å²) in [4.78, 5) is 14.0. The number of benzene rings is 1. The highest BCUT2D eigenvalue weighted by molar-refractivity contribution is 5.94. The molecule has 1 aromatic carbocycles. The number of ether oxygens (including phenoxy) is 1. The molecule has 1 aromatic heterocycles. The zero-order chi connectivity index (χ0) is 14.1. The summed E-state index contributed by atoms with van der Waals surface area (Å²) in [5, 5.41) is 3.90. The third kappa shape index (κ3) is 2.39. The predicted molar refractivity (Wildman–Crippen MR) is 72.7 cm³/mol. The van der Waals surface area contributed by atoms with E-state index in [1.807, 2.05) is 25.1 Å². The fourth-order valence-electron chi connectivity index (χ4n) is 2.35. The Hall–Kier alpha value is -2.30. The lowest BCUT2D eigenvalue weighted by Gasteiger charge is -2.16. The summed E-state index contributed by atoms with van der Waals surface area (Å²) < 4.78 is 10.5. The Morgan fingerprint density at radius 2 is 2.25 bits per heavy atom. The van der Waals surface area contributed by atoms with E-state index >= 15 is 0 Å². The van der Waals surface area contributed by atoms with Crippen molar-refractivity contribution in [3.8, 4) is 5.75 Å². The topological polar surface area (TPSA) is 55.6 Å². The van der Waals surface area contributed by atoms with Crippen molar-refractivity contribution in [3.05, 3.63) is 46.8 Å². The van der Waals surface area contributed by atoms with Gasteiger partial charge in [0.1, 0.15) is 17.2 Å². The molecule has 0 unspecified atom stereocenters. The average Bonchev–Trinajstić information content (AvgIpc) is 3.05. The number of aromatic nitrogens is 1. The molecule has 0 fully saturated rings. The van der Waals surface area contributed by atoms with Gasteiger partial charge >= 0.3 is 0 Å².